The monoisotopic (exact) mass is 310 g/mol. The Morgan fingerprint density at radius 2 is 1.90 bits per heavy atom. The van der Waals surface area contributed by atoms with Crippen molar-refractivity contribution in [1.29, 1.82) is 0 Å². The molecule has 0 aromatic heterocycles. The van der Waals surface area contributed by atoms with Crippen LogP contribution in [0.15, 0.2) is 24.3 Å². The maximum Gasteiger partial charge on any atom is 0.337 e. The second-order valence-corrected chi connectivity index (χ2v) is 5.20. The van der Waals surface area contributed by atoms with Crippen LogP contribution >= 0.6 is 12.2 Å². The Hall–Kier alpha value is -1.50. The zero-order valence-electron chi connectivity index (χ0n) is 12.5. The van der Waals surface area contributed by atoms with Crippen LogP contribution < -0.4 is 5.73 Å². The van der Waals surface area contributed by atoms with E-state index in [0.29, 0.717) is 23.6 Å². The summed E-state index contributed by atoms with van der Waals surface area (Å²) < 4.78 is 9.80. The van der Waals surface area contributed by atoms with Gasteiger partial charge in [-0.1, -0.05) is 24.4 Å². The summed E-state index contributed by atoms with van der Waals surface area (Å²) in [6, 6.07) is 7.38. The average Bonchev–Trinajstić information content (AvgIpc) is 2.49. The fraction of sp³-hybridized carbons (Fsp3) is 0.467. The van der Waals surface area contributed by atoms with Crippen molar-refractivity contribution in [3.63, 3.8) is 0 Å². The highest BCUT2D eigenvalue weighted by molar-refractivity contribution is 7.80. The number of esters is 1. The highest BCUT2D eigenvalue weighted by atomic mass is 32.1. The molecule has 0 unspecified atom stereocenters. The van der Waals surface area contributed by atoms with Crippen LogP contribution in [0.5, 0.6) is 0 Å². The first kappa shape index (κ1) is 17.6. The number of rotatable bonds is 9. The van der Waals surface area contributed by atoms with Crippen LogP contribution in [0.3, 0.4) is 0 Å². The largest absolute Gasteiger partial charge is 0.465 e. The SMILES string of the molecule is COCCN(CCC(N)=S)Cc1ccc(C(=O)OC)cc1. The number of ether oxygens (including phenoxy) is 2. The van der Waals surface area contributed by atoms with Crippen LogP contribution in [0.1, 0.15) is 22.3 Å². The molecule has 6 heteroatoms. The molecule has 0 atom stereocenters. The Labute approximate surface area is 131 Å². The van der Waals surface area contributed by atoms with Gasteiger partial charge in [-0.2, -0.15) is 0 Å². The van der Waals surface area contributed by atoms with Crippen LogP contribution in [0, 0.1) is 0 Å². The van der Waals surface area contributed by atoms with Gasteiger partial charge in [-0.15, -0.1) is 0 Å². The van der Waals surface area contributed by atoms with Gasteiger partial charge in [0.25, 0.3) is 0 Å². The van der Waals surface area contributed by atoms with E-state index in [-0.39, 0.29) is 5.97 Å². The van der Waals surface area contributed by atoms with Gasteiger partial charge in [0, 0.05) is 33.2 Å². The molecule has 0 saturated heterocycles. The Balaban J connectivity index is 2.63. The van der Waals surface area contributed by atoms with Gasteiger partial charge in [-0.05, 0) is 17.7 Å². The zero-order valence-corrected chi connectivity index (χ0v) is 13.3. The minimum atomic E-state index is -0.328. The molecule has 0 saturated carbocycles. The van der Waals surface area contributed by atoms with E-state index in [0.717, 1.165) is 25.2 Å². The molecular formula is C15H22N2O3S. The standard InChI is InChI=1S/C15H22N2O3S/c1-19-10-9-17(8-7-14(16)21)11-12-3-5-13(6-4-12)15(18)20-2/h3-6H,7-11H2,1-2H3,(H2,16,21). The summed E-state index contributed by atoms with van der Waals surface area (Å²) in [7, 11) is 3.05. The Bertz CT molecular complexity index is 462. The van der Waals surface area contributed by atoms with Crippen LogP contribution in [-0.4, -0.2) is 49.8 Å². The summed E-state index contributed by atoms with van der Waals surface area (Å²) in [6.07, 6.45) is 0.680. The number of carbonyl (C=O) groups excluding carboxylic acids is 1. The van der Waals surface area contributed by atoms with E-state index in [4.69, 9.17) is 22.7 Å². The first-order valence-corrected chi connectivity index (χ1v) is 7.14. The molecule has 1 rings (SSSR count). The van der Waals surface area contributed by atoms with E-state index in [9.17, 15) is 4.79 Å². The molecule has 0 heterocycles. The third kappa shape index (κ3) is 6.66. The maximum atomic E-state index is 11.4. The van der Waals surface area contributed by atoms with E-state index in [1.807, 2.05) is 12.1 Å². The van der Waals surface area contributed by atoms with Crippen molar-refractivity contribution < 1.29 is 14.3 Å². The van der Waals surface area contributed by atoms with Crippen molar-refractivity contribution in [2.24, 2.45) is 5.73 Å². The van der Waals surface area contributed by atoms with E-state index in [1.54, 1.807) is 19.2 Å². The predicted molar refractivity (Wildman–Crippen MR) is 86.3 cm³/mol. The summed E-state index contributed by atoms with van der Waals surface area (Å²) in [4.78, 5) is 14.1. The summed E-state index contributed by atoms with van der Waals surface area (Å²) >= 11 is 4.92. The Morgan fingerprint density at radius 1 is 1.24 bits per heavy atom. The maximum absolute atomic E-state index is 11.4. The summed E-state index contributed by atoms with van der Waals surface area (Å²) in [5, 5.41) is 0. The van der Waals surface area contributed by atoms with Crippen molar-refractivity contribution >= 4 is 23.2 Å². The number of benzene rings is 1. The molecule has 0 fully saturated rings. The first-order valence-electron chi connectivity index (χ1n) is 6.73. The van der Waals surface area contributed by atoms with Crippen molar-refractivity contribution in [2.75, 3.05) is 33.9 Å². The molecular weight excluding hydrogens is 288 g/mol. The molecule has 0 aliphatic carbocycles. The second-order valence-electron chi connectivity index (χ2n) is 4.67. The molecule has 116 valence electrons. The van der Waals surface area contributed by atoms with Crippen molar-refractivity contribution in [2.45, 2.75) is 13.0 Å². The molecule has 0 spiro atoms. The number of thiocarbonyl (C=S) groups is 1. The molecule has 2 N–H and O–H groups in total. The minimum Gasteiger partial charge on any atom is -0.465 e. The third-order valence-electron chi connectivity index (χ3n) is 3.07. The first-order chi connectivity index (χ1) is 10.1. The number of carbonyl (C=O) groups is 1. The molecule has 0 radical (unpaired) electrons. The lowest BCUT2D eigenvalue weighted by Gasteiger charge is -2.21. The molecule has 1 aromatic carbocycles. The van der Waals surface area contributed by atoms with Gasteiger partial charge in [0.05, 0.1) is 24.3 Å². The lowest BCUT2D eigenvalue weighted by atomic mass is 10.1. The number of methoxy groups -OCH3 is 2. The van der Waals surface area contributed by atoms with Crippen molar-refractivity contribution in [3.05, 3.63) is 35.4 Å². The predicted octanol–water partition coefficient (Wildman–Crippen LogP) is 1.60. The van der Waals surface area contributed by atoms with Gasteiger partial charge in [0.2, 0.25) is 0 Å². The van der Waals surface area contributed by atoms with E-state index in [1.165, 1.54) is 7.11 Å². The molecule has 5 nitrogen and oxygen atoms in total. The van der Waals surface area contributed by atoms with Crippen LogP contribution in [0.25, 0.3) is 0 Å². The van der Waals surface area contributed by atoms with Crippen molar-refractivity contribution in [3.8, 4) is 0 Å². The van der Waals surface area contributed by atoms with Gasteiger partial charge >= 0.3 is 5.97 Å². The number of hydrogen-bond acceptors (Lipinski definition) is 5. The Morgan fingerprint density at radius 3 is 2.43 bits per heavy atom. The Kier molecular flexibility index (Phi) is 7.89. The second kappa shape index (κ2) is 9.44. The summed E-state index contributed by atoms with van der Waals surface area (Å²) in [5.41, 5.74) is 7.21. The number of nitrogens with zero attached hydrogens (tertiary/aromatic N) is 1. The van der Waals surface area contributed by atoms with Crippen LogP contribution in [-0.2, 0) is 16.0 Å². The highest BCUT2D eigenvalue weighted by Crippen LogP contribution is 2.09. The third-order valence-corrected chi connectivity index (χ3v) is 3.27. The van der Waals surface area contributed by atoms with Gasteiger partial charge in [-0.25, -0.2) is 4.79 Å². The van der Waals surface area contributed by atoms with Crippen molar-refractivity contribution in [1.82, 2.24) is 4.90 Å². The van der Waals surface area contributed by atoms with Crippen LogP contribution in [0.2, 0.25) is 0 Å². The van der Waals surface area contributed by atoms with E-state index >= 15 is 0 Å². The minimum absolute atomic E-state index is 0.328. The van der Waals surface area contributed by atoms with Gasteiger partial charge < -0.3 is 15.2 Å². The molecule has 1 aromatic rings. The zero-order chi connectivity index (χ0) is 15.7. The molecule has 0 amide bonds. The van der Waals surface area contributed by atoms with E-state index in [2.05, 4.69) is 9.64 Å². The lowest BCUT2D eigenvalue weighted by Crippen LogP contribution is -2.30. The smallest absolute Gasteiger partial charge is 0.337 e. The van der Waals surface area contributed by atoms with Gasteiger partial charge in [-0.3, -0.25) is 4.90 Å². The lowest BCUT2D eigenvalue weighted by molar-refractivity contribution is 0.0600. The number of hydrogen-bond donors (Lipinski definition) is 1. The molecule has 0 aliphatic rings. The fourth-order valence-corrected chi connectivity index (χ4v) is 1.97. The van der Waals surface area contributed by atoms with E-state index < -0.39 is 0 Å². The highest BCUT2D eigenvalue weighted by Gasteiger charge is 2.08. The molecule has 21 heavy (non-hydrogen) atoms. The topological polar surface area (TPSA) is 64.8 Å². The number of nitrogens with two attached hydrogens (primary N) is 1. The van der Waals surface area contributed by atoms with Gasteiger partial charge in [0.15, 0.2) is 0 Å². The van der Waals surface area contributed by atoms with Gasteiger partial charge in [0.1, 0.15) is 0 Å². The van der Waals surface area contributed by atoms with Crippen LogP contribution in [0.4, 0.5) is 0 Å². The normalized spacial score (nSPS) is 10.6. The molecule has 0 bridgehead atoms. The quantitative estimate of drug-likeness (QED) is 0.552. The summed E-state index contributed by atoms with van der Waals surface area (Å²) in [5.74, 6) is -0.328. The summed E-state index contributed by atoms with van der Waals surface area (Å²) in [6.45, 7) is 3.00. The molecule has 0 aliphatic heterocycles. The fourth-order valence-electron chi connectivity index (χ4n) is 1.88. The average molecular weight is 310 g/mol.